The highest BCUT2D eigenvalue weighted by Gasteiger charge is 2.22. The van der Waals surface area contributed by atoms with Crippen LogP contribution in [-0.2, 0) is 0 Å². The standard InChI is InChI=1S/C21H24N2O2/c1-15-6-8-19(9-7-15)22-20(24)17-4-3-5-18(14-17)21(25)23-12-10-16(2)11-13-23/h3-9,14,16H,10-13H2,1-2H3,(H,22,24). The quantitative estimate of drug-likeness (QED) is 0.916. The van der Waals surface area contributed by atoms with Crippen molar-refractivity contribution in [3.8, 4) is 0 Å². The van der Waals surface area contributed by atoms with E-state index in [-0.39, 0.29) is 11.8 Å². The van der Waals surface area contributed by atoms with Crippen molar-refractivity contribution in [3.63, 3.8) is 0 Å². The largest absolute Gasteiger partial charge is 0.339 e. The summed E-state index contributed by atoms with van der Waals surface area (Å²) in [5.41, 5.74) is 2.96. The molecule has 2 aromatic rings. The molecule has 3 rings (SSSR count). The van der Waals surface area contributed by atoms with Crippen molar-refractivity contribution in [3.05, 3.63) is 65.2 Å². The van der Waals surface area contributed by atoms with Gasteiger partial charge in [0.2, 0.25) is 0 Å². The zero-order valence-corrected chi connectivity index (χ0v) is 14.8. The third kappa shape index (κ3) is 4.27. The molecule has 1 saturated heterocycles. The fraction of sp³-hybridized carbons (Fsp3) is 0.333. The second-order valence-electron chi connectivity index (χ2n) is 6.88. The van der Waals surface area contributed by atoms with Crippen LogP contribution in [0.4, 0.5) is 5.69 Å². The average molecular weight is 336 g/mol. The van der Waals surface area contributed by atoms with Crippen LogP contribution in [0.3, 0.4) is 0 Å². The summed E-state index contributed by atoms with van der Waals surface area (Å²) in [6, 6.07) is 14.6. The molecule has 0 unspecified atom stereocenters. The Kier molecular flexibility index (Phi) is 5.17. The normalized spacial score (nSPS) is 15.0. The first-order valence-corrected chi connectivity index (χ1v) is 8.80. The Labute approximate surface area is 148 Å². The van der Waals surface area contributed by atoms with Gasteiger partial charge >= 0.3 is 0 Å². The van der Waals surface area contributed by atoms with Crippen LogP contribution in [0.1, 0.15) is 46.0 Å². The maximum atomic E-state index is 12.7. The van der Waals surface area contributed by atoms with Gasteiger partial charge in [-0.3, -0.25) is 9.59 Å². The highest BCUT2D eigenvalue weighted by atomic mass is 16.2. The molecule has 0 bridgehead atoms. The van der Waals surface area contributed by atoms with Crippen molar-refractivity contribution in [2.45, 2.75) is 26.7 Å². The van der Waals surface area contributed by atoms with Gasteiger partial charge in [-0.05, 0) is 56.0 Å². The van der Waals surface area contributed by atoms with E-state index in [1.807, 2.05) is 36.1 Å². The molecule has 1 aliphatic rings. The molecule has 0 radical (unpaired) electrons. The molecule has 1 fully saturated rings. The lowest BCUT2D eigenvalue weighted by molar-refractivity contribution is 0.0697. The van der Waals surface area contributed by atoms with Gasteiger partial charge in [0.1, 0.15) is 0 Å². The Morgan fingerprint density at radius 3 is 2.32 bits per heavy atom. The summed E-state index contributed by atoms with van der Waals surface area (Å²) < 4.78 is 0. The number of piperidine rings is 1. The van der Waals surface area contributed by atoms with Crippen LogP contribution in [-0.4, -0.2) is 29.8 Å². The second kappa shape index (κ2) is 7.51. The highest BCUT2D eigenvalue weighted by Crippen LogP contribution is 2.19. The van der Waals surface area contributed by atoms with Gasteiger partial charge in [0.25, 0.3) is 11.8 Å². The van der Waals surface area contributed by atoms with E-state index in [0.717, 1.165) is 37.2 Å². The first-order chi connectivity index (χ1) is 12.0. The monoisotopic (exact) mass is 336 g/mol. The fourth-order valence-electron chi connectivity index (χ4n) is 3.03. The molecule has 0 saturated carbocycles. The van der Waals surface area contributed by atoms with Gasteiger partial charge in [-0.25, -0.2) is 0 Å². The van der Waals surface area contributed by atoms with E-state index in [1.54, 1.807) is 24.3 Å². The van der Waals surface area contributed by atoms with Crippen molar-refractivity contribution < 1.29 is 9.59 Å². The van der Waals surface area contributed by atoms with Crippen molar-refractivity contribution >= 4 is 17.5 Å². The van der Waals surface area contributed by atoms with Crippen LogP contribution in [0.2, 0.25) is 0 Å². The third-order valence-corrected chi connectivity index (χ3v) is 4.75. The van der Waals surface area contributed by atoms with Crippen molar-refractivity contribution in [2.24, 2.45) is 5.92 Å². The molecule has 4 nitrogen and oxygen atoms in total. The van der Waals surface area contributed by atoms with Crippen LogP contribution >= 0.6 is 0 Å². The molecule has 2 aromatic carbocycles. The number of benzene rings is 2. The van der Waals surface area contributed by atoms with Crippen LogP contribution in [0.15, 0.2) is 48.5 Å². The third-order valence-electron chi connectivity index (χ3n) is 4.75. The minimum atomic E-state index is -0.203. The summed E-state index contributed by atoms with van der Waals surface area (Å²) in [7, 11) is 0. The summed E-state index contributed by atoms with van der Waals surface area (Å²) in [6.07, 6.45) is 2.08. The molecule has 25 heavy (non-hydrogen) atoms. The molecule has 1 heterocycles. The lowest BCUT2D eigenvalue weighted by atomic mass is 9.98. The van der Waals surface area contributed by atoms with E-state index in [1.165, 1.54) is 0 Å². The van der Waals surface area contributed by atoms with E-state index < -0.39 is 0 Å². The Hall–Kier alpha value is -2.62. The van der Waals surface area contributed by atoms with Gasteiger partial charge in [-0.1, -0.05) is 30.7 Å². The Morgan fingerprint density at radius 1 is 1.00 bits per heavy atom. The molecule has 0 aromatic heterocycles. The van der Waals surface area contributed by atoms with Gasteiger partial charge in [0, 0.05) is 29.9 Å². The molecule has 130 valence electrons. The summed E-state index contributed by atoms with van der Waals surface area (Å²) in [4.78, 5) is 27.0. The van der Waals surface area contributed by atoms with Crippen molar-refractivity contribution in [2.75, 3.05) is 18.4 Å². The zero-order valence-electron chi connectivity index (χ0n) is 14.8. The molecule has 0 aliphatic carbocycles. The number of hydrogen-bond donors (Lipinski definition) is 1. The van der Waals surface area contributed by atoms with Crippen LogP contribution in [0.25, 0.3) is 0 Å². The highest BCUT2D eigenvalue weighted by molar-refractivity contribution is 6.06. The van der Waals surface area contributed by atoms with E-state index in [2.05, 4.69) is 12.2 Å². The summed E-state index contributed by atoms with van der Waals surface area (Å²) in [5, 5.41) is 2.87. The van der Waals surface area contributed by atoms with E-state index in [9.17, 15) is 9.59 Å². The minimum absolute atomic E-state index is 0.0110. The SMILES string of the molecule is Cc1ccc(NC(=O)c2cccc(C(=O)N3CCC(C)CC3)c2)cc1. The Bertz CT molecular complexity index is 760. The summed E-state index contributed by atoms with van der Waals surface area (Å²) in [6.45, 7) is 5.81. The second-order valence-corrected chi connectivity index (χ2v) is 6.88. The molecular weight excluding hydrogens is 312 g/mol. The number of rotatable bonds is 3. The first-order valence-electron chi connectivity index (χ1n) is 8.80. The molecule has 0 spiro atoms. The van der Waals surface area contributed by atoms with Crippen LogP contribution < -0.4 is 5.32 Å². The van der Waals surface area contributed by atoms with Gasteiger partial charge in [-0.15, -0.1) is 0 Å². The number of amides is 2. The van der Waals surface area contributed by atoms with Gasteiger partial charge in [0.15, 0.2) is 0 Å². The Morgan fingerprint density at radius 2 is 1.64 bits per heavy atom. The number of carbonyl (C=O) groups excluding carboxylic acids is 2. The van der Waals surface area contributed by atoms with Crippen LogP contribution in [0.5, 0.6) is 0 Å². The topological polar surface area (TPSA) is 49.4 Å². The van der Waals surface area contributed by atoms with E-state index in [4.69, 9.17) is 0 Å². The summed E-state index contributed by atoms with van der Waals surface area (Å²) in [5.74, 6) is 0.485. The zero-order chi connectivity index (χ0) is 17.8. The predicted molar refractivity (Wildman–Crippen MR) is 99.9 cm³/mol. The lowest BCUT2D eigenvalue weighted by Crippen LogP contribution is -2.38. The van der Waals surface area contributed by atoms with Gasteiger partial charge < -0.3 is 10.2 Å². The number of aryl methyl sites for hydroxylation is 1. The maximum absolute atomic E-state index is 12.7. The maximum Gasteiger partial charge on any atom is 0.255 e. The van der Waals surface area contributed by atoms with Crippen molar-refractivity contribution in [1.82, 2.24) is 4.90 Å². The molecule has 4 heteroatoms. The lowest BCUT2D eigenvalue weighted by Gasteiger charge is -2.30. The van der Waals surface area contributed by atoms with Gasteiger partial charge in [0.05, 0.1) is 0 Å². The van der Waals surface area contributed by atoms with Crippen molar-refractivity contribution in [1.29, 1.82) is 0 Å². The molecule has 1 N–H and O–H groups in total. The van der Waals surface area contributed by atoms with E-state index in [0.29, 0.717) is 17.0 Å². The predicted octanol–water partition coefficient (Wildman–Crippen LogP) is 4.12. The number of nitrogens with one attached hydrogen (secondary N) is 1. The van der Waals surface area contributed by atoms with E-state index >= 15 is 0 Å². The first kappa shape index (κ1) is 17.2. The minimum Gasteiger partial charge on any atom is -0.339 e. The van der Waals surface area contributed by atoms with Crippen LogP contribution in [0, 0.1) is 12.8 Å². The molecule has 1 aliphatic heterocycles. The number of likely N-dealkylation sites (tertiary alicyclic amines) is 1. The summed E-state index contributed by atoms with van der Waals surface area (Å²) >= 11 is 0. The molecular formula is C21H24N2O2. The van der Waals surface area contributed by atoms with Gasteiger partial charge in [-0.2, -0.15) is 0 Å². The number of nitrogens with zero attached hydrogens (tertiary/aromatic N) is 1. The smallest absolute Gasteiger partial charge is 0.255 e. The number of anilines is 1. The average Bonchev–Trinajstić information content (AvgIpc) is 2.64. The fourth-order valence-corrected chi connectivity index (χ4v) is 3.03. The number of hydrogen-bond acceptors (Lipinski definition) is 2. The number of carbonyl (C=O) groups is 2. The molecule has 2 amide bonds. The molecule has 0 atom stereocenters. The Balaban J connectivity index is 1.71.